The predicted molar refractivity (Wildman–Crippen MR) is 77.6 cm³/mol. The van der Waals surface area contributed by atoms with Crippen LogP contribution < -0.4 is 5.73 Å². The van der Waals surface area contributed by atoms with E-state index in [0.717, 1.165) is 15.6 Å². The summed E-state index contributed by atoms with van der Waals surface area (Å²) in [6, 6.07) is 5.02. The summed E-state index contributed by atoms with van der Waals surface area (Å²) in [5, 5.41) is 1.40. The van der Waals surface area contributed by atoms with E-state index in [1.165, 1.54) is 0 Å². The van der Waals surface area contributed by atoms with Crippen LogP contribution in [0.5, 0.6) is 0 Å². The van der Waals surface area contributed by atoms with E-state index in [-0.39, 0.29) is 0 Å². The van der Waals surface area contributed by atoms with Gasteiger partial charge >= 0.3 is 0 Å². The van der Waals surface area contributed by atoms with Crippen LogP contribution in [0, 0.1) is 13.8 Å². The summed E-state index contributed by atoms with van der Waals surface area (Å²) in [5.74, 6) is 0.379. The molecule has 0 bridgehead atoms. The van der Waals surface area contributed by atoms with Gasteiger partial charge in [0, 0.05) is 15.6 Å². The second kappa shape index (κ2) is 5.38. The molecule has 3 nitrogen and oxygen atoms in total. The number of aromatic nitrogens is 1. The van der Waals surface area contributed by atoms with E-state index in [2.05, 4.69) is 4.98 Å². The van der Waals surface area contributed by atoms with Gasteiger partial charge in [0.1, 0.15) is 5.01 Å². The first-order valence-electron chi connectivity index (χ1n) is 5.33. The molecule has 2 rings (SSSR count). The van der Waals surface area contributed by atoms with Crippen LogP contribution in [0.3, 0.4) is 0 Å². The minimum absolute atomic E-state index is 0.379. The van der Waals surface area contributed by atoms with Crippen molar-refractivity contribution in [1.29, 1.82) is 0 Å². The van der Waals surface area contributed by atoms with Gasteiger partial charge in [0.15, 0.2) is 0 Å². The van der Waals surface area contributed by atoms with Gasteiger partial charge in [0.25, 0.3) is 0 Å². The number of nitrogens with two attached hydrogens (primary N) is 1. The zero-order chi connectivity index (χ0) is 13.3. The van der Waals surface area contributed by atoms with Gasteiger partial charge in [-0.2, -0.15) is 0 Å². The molecular weight excluding hydrogens is 288 g/mol. The first-order valence-corrected chi connectivity index (χ1v) is 7.85. The Morgan fingerprint density at radius 2 is 2.17 bits per heavy atom. The zero-order valence-corrected chi connectivity index (χ0v) is 12.5. The quantitative estimate of drug-likeness (QED) is 0.885. The highest BCUT2D eigenvalue weighted by Gasteiger charge is 2.12. The molecule has 1 aromatic carbocycles. The van der Waals surface area contributed by atoms with Crippen molar-refractivity contribution in [2.45, 2.75) is 24.5 Å². The van der Waals surface area contributed by atoms with Crippen LogP contribution >= 0.6 is 22.9 Å². The Labute approximate surface area is 117 Å². The molecule has 0 aliphatic rings. The number of rotatable bonds is 3. The monoisotopic (exact) mass is 300 g/mol. The average Bonchev–Trinajstić information content (AvgIpc) is 2.61. The molecule has 0 spiro atoms. The Hall–Kier alpha value is -0.910. The van der Waals surface area contributed by atoms with E-state index in [1.807, 2.05) is 13.8 Å². The molecule has 0 saturated heterocycles. The van der Waals surface area contributed by atoms with Crippen LogP contribution in [-0.2, 0) is 16.6 Å². The molecule has 2 N–H and O–H groups in total. The van der Waals surface area contributed by atoms with E-state index in [9.17, 15) is 4.21 Å². The summed E-state index contributed by atoms with van der Waals surface area (Å²) in [5.41, 5.74) is 7.30. The van der Waals surface area contributed by atoms with E-state index in [4.69, 9.17) is 17.3 Å². The summed E-state index contributed by atoms with van der Waals surface area (Å²) in [6.07, 6.45) is 0. The topological polar surface area (TPSA) is 56.0 Å². The van der Waals surface area contributed by atoms with Gasteiger partial charge in [0.05, 0.1) is 27.1 Å². The molecule has 0 saturated carbocycles. The highest BCUT2D eigenvalue weighted by molar-refractivity contribution is 7.84. The predicted octanol–water partition coefficient (Wildman–Crippen LogP) is 3.30. The number of nitrogen functional groups attached to an aromatic ring is 1. The molecule has 1 heterocycles. The summed E-state index contributed by atoms with van der Waals surface area (Å²) < 4.78 is 12.2. The van der Waals surface area contributed by atoms with Crippen molar-refractivity contribution in [3.8, 4) is 0 Å². The van der Waals surface area contributed by atoms with Gasteiger partial charge in [-0.25, -0.2) is 4.98 Å². The summed E-state index contributed by atoms with van der Waals surface area (Å²) in [4.78, 5) is 6.11. The summed E-state index contributed by atoms with van der Waals surface area (Å²) in [6.45, 7) is 3.96. The lowest BCUT2D eigenvalue weighted by Gasteiger charge is -2.04. The zero-order valence-electron chi connectivity index (χ0n) is 10.1. The molecule has 2 aromatic rings. The number of benzene rings is 1. The third kappa shape index (κ3) is 2.91. The summed E-state index contributed by atoms with van der Waals surface area (Å²) >= 11 is 7.46. The second-order valence-corrected chi connectivity index (χ2v) is 7.06. The van der Waals surface area contributed by atoms with Crippen LogP contribution in [0.2, 0.25) is 5.02 Å². The van der Waals surface area contributed by atoms with E-state index in [1.54, 1.807) is 29.5 Å². The maximum Gasteiger partial charge on any atom is 0.106 e. The highest BCUT2D eigenvalue weighted by Crippen LogP contribution is 2.25. The Morgan fingerprint density at radius 3 is 2.78 bits per heavy atom. The number of thiazole rings is 1. The Kier molecular flexibility index (Phi) is 4.04. The lowest BCUT2D eigenvalue weighted by atomic mass is 10.3. The number of nitrogens with zero attached hydrogens (tertiary/aromatic N) is 1. The molecule has 96 valence electrons. The first kappa shape index (κ1) is 13.5. The number of halogens is 1. The van der Waals surface area contributed by atoms with Gasteiger partial charge in [-0.1, -0.05) is 11.6 Å². The van der Waals surface area contributed by atoms with Crippen LogP contribution in [-0.4, -0.2) is 9.19 Å². The summed E-state index contributed by atoms with van der Waals surface area (Å²) in [7, 11) is -1.21. The lowest BCUT2D eigenvalue weighted by Crippen LogP contribution is -2.00. The number of aryl methyl sites for hydroxylation is 2. The normalized spacial score (nSPS) is 12.6. The van der Waals surface area contributed by atoms with Crippen molar-refractivity contribution < 1.29 is 4.21 Å². The van der Waals surface area contributed by atoms with Crippen molar-refractivity contribution in [2.24, 2.45) is 0 Å². The van der Waals surface area contributed by atoms with Crippen molar-refractivity contribution in [1.82, 2.24) is 4.98 Å². The molecular formula is C12H13ClN2OS2. The van der Waals surface area contributed by atoms with Gasteiger partial charge in [-0.15, -0.1) is 11.3 Å². The SMILES string of the molecule is Cc1nc(CS(=O)c2cc(Cl)ccc2N)sc1C. The molecule has 1 aromatic heterocycles. The molecule has 0 aliphatic heterocycles. The molecule has 18 heavy (non-hydrogen) atoms. The molecule has 0 fully saturated rings. The van der Waals surface area contributed by atoms with Gasteiger partial charge in [-0.3, -0.25) is 4.21 Å². The third-order valence-corrected chi connectivity index (χ3v) is 5.42. The van der Waals surface area contributed by atoms with Gasteiger partial charge in [-0.05, 0) is 32.0 Å². The van der Waals surface area contributed by atoms with Gasteiger partial charge < -0.3 is 5.73 Å². The minimum atomic E-state index is -1.21. The standard InChI is InChI=1S/C12H13ClN2OS2/c1-7-8(2)17-12(15-7)6-18(16)11-5-9(13)3-4-10(11)14/h3-5H,6,14H2,1-2H3. The van der Waals surface area contributed by atoms with Crippen molar-refractivity contribution in [3.63, 3.8) is 0 Å². The van der Waals surface area contributed by atoms with Crippen molar-refractivity contribution >= 4 is 39.4 Å². The van der Waals surface area contributed by atoms with Crippen LogP contribution in [0.15, 0.2) is 23.1 Å². The fourth-order valence-electron chi connectivity index (χ4n) is 1.50. The fourth-order valence-corrected chi connectivity index (χ4v) is 4.05. The second-order valence-electron chi connectivity index (χ2n) is 3.92. The molecule has 1 atom stereocenters. The largest absolute Gasteiger partial charge is 0.398 e. The van der Waals surface area contributed by atoms with Crippen LogP contribution in [0.4, 0.5) is 5.69 Å². The van der Waals surface area contributed by atoms with Gasteiger partial charge in [0.2, 0.25) is 0 Å². The molecule has 6 heteroatoms. The molecule has 0 aliphatic carbocycles. The maximum absolute atomic E-state index is 12.2. The maximum atomic E-state index is 12.2. The minimum Gasteiger partial charge on any atom is -0.398 e. The van der Waals surface area contributed by atoms with E-state index >= 15 is 0 Å². The van der Waals surface area contributed by atoms with Crippen molar-refractivity contribution in [2.75, 3.05) is 5.73 Å². The molecule has 1 unspecified atom stereocenters. The van der Waals surface area contributed by atoms with Crippen molar-refractivity contribution in [3.05, 3.63) is 38.8 Å². The van der Waals surface area contributed by atoms with E-state index < -0.39 is 10.8 Å². The first-order chi connectivity index (χ1) is 8.47. The molecule has 0 radical (unpaired) electrons. The fraction of sp³-hybridized carbons (Fsp3) is 0.250. The third-order valence-electron chi connectivity index (χ3n) is 2.55. The number of hydrogen-bond donors (Lipinski definition) is 1. The van der Waals surface area contributed by atoms with Crippen LogP contribution in [0.25, 0.3) is 0 Å². The lowest BCUT2D eigenvalue weighted by molar-refractivity contribution is 0.682. The highest BCUT2D eigenvalue weighted by atomic mass is 35.5. The number of hydrogen-bond acceptors (Lipinski definition) is 4. The average molecular weight is 301 g/mol. The Balaban J connectivity index is 2.24. The van der Waals surface area contributed by atoms with Crippen LogP contribution in [0.1, 0.15) is 15.6 Å². The number of anilines is 1. The smallest absolute Gasteiger partial charge is 0.106 e. The Bertz CT molecular complexity index is 591. The molecule has 0 amide bonds. The van der Waals surface area contributed by atoms with E-state index in [0.29, 0.717) is 21.4 Å². The Morgan fingerprint density at radius 1 is 1.44 bits per heavy atom.